The number of aliphatic carboxylic acids is 1. The first-order valence-corrected chi connectivity index (χ1v) is 10.6. The molecule has 0 aliphatic heterocycles. The highest BCUT2D eigenvalue weighted by Gasteiger charge is 2.12. The minimum absolute atomic E-state index is 0.0817. The molecule has 33 heavy (non-hydrogen) atoms. The van der Waals surface area contributed by atoms with Gasteiger partial charge in [0.05, 0.1) is 0 Å². The Balaban J connectivity index is 1.26. The monoisotopic (exact) mass is 462 g/mol. The lowest BCUT2D eigenvalue weighted by atomic mass is 10.2. The zero-order valence-electron chi connectivity index (χ0n) is 17.4. The number of halogens is 1. The molecular formula is C24H19ClN4O4. The maximum Gasteiger partial charge on any atom is 0.323 e. The third kappa shape index (κ3) is 4.47. The van der Waals surface area contributed by atoms with Crippen LogP contribution in [0.5, 0.6) is 11.5 Å². The van der Waals surface area contributed by atoms with E-state index in [1.165, 1.54) is 4.80 Å². The summed E-state index contributed by atoms with van der Waals surface area (Å²) in [5.74, 6) is 0.380. The molecule has 0 unspecified atom stereocenters. The van der Waals surface area contributed by atoms with Crippen LogP contribution in [-0.4, -0.2) is 43.9 Å². The van der Waals surface area contributed by atoms with Crippen LogP contribution in [0, 0.1) is 0 Å². The van der Waals surface area contributed by atoms with Crippen LogP contribution in [0.1, 0.15) is 0 Å². The van der Waals surface area contributed by atoms with Gasteiger partial charge < -0.3 is 19.1 Å². The molecule has 0 fully saturated rings. The van der Waals surface area contributed by atoms with Gasteiger partial charge >= 0.3 is 5.97 Å². The van der Waals surface area contributed by atoms with Crippen LogP contribution in [0.25, 0.3) is 27.6 Å². The lowest BCUT2D eigenvalue weighted by Crippen LogP contribution is -2.11. The van der Waals surface area contributed by atoms with E-state index in [4.69, 9.17) is 26.2 Å². The average molecular weight is 463 g/mol. The molecule has 0 aliphatic rings. The maximum absolute atomic E-state index is 11.0. The molecule has 0 saturated heterocycles. The van der Waals surface area contributed by atoms with Crippen LogP contribution < -0.4 is 9.47 Å². The van der Waals surface area contributed by atoms with Crippen LogP contribution in [-0.2, 0) is 11.3 Å². The first-order valence-electron chi connectivity index (χ1n) is 10.3. The van der Waals surface area contributed by atoms with E-state index in [-0.39, 0.29) is 6.54 Å². The van der Waals surface area contributed by atoms with E-state index in [0.29, 0.717) is 35.4 Å². The molecule has 8 nitrogen and oxygen atoms in total. The Bertz CT molecular complexity index is 1430. The number of carboxylic acid groups (broad SMARTS) is 1. The molecule has 3 aromatic carbocycles. The van der Waals surface area contributed by atoms with Crippen molar-refractivity contribution < 1.29 is 19.4 Å². The molecule has 0 radical (unpaired) electrons. The standard InChI is InChI=1S/C24H19ClN4O4/c25-17-5-8-23(22(14-17)29-26-19-3-1-2-4-20(19)27-29)33-12-11-32-18-6-7-21-16(13-18)9-10-28(21)15-24(30)31/h1-10,13-14H,11-12,15H2,(H,30,31). The molecule has 166 valence electrons. The zero-order chi connectivity index (χ0) is 22.8. The summed E-state index contributed by atoms with van der Waals surface area (Å²) in [5, 5.41) is 19.5. The van der Waals surface area contributed by atoms with Crippen LogP contribution in [0.15, 0.2) is 72.9 Å². The van der Waals surface area contributed by atoms with Gasteiger partial charge in [0, 0.05) is 22.1 Å². The first kappa shape index (κ1) is 20.8. The summed E-state index contributed by atoms with van der Waals surface area (Å²) >= 11 is 6.20. The van der Waals surface area contributed by atoms with Gasteiger partial charge in [-0.25, -0.2) is 0 Å². The van der Waals surface area contributed by atoms with Crippen molar-refractivity contribution in [2.75, 3.05) is 13.2 Å². The van der Waals surface area contributed by atoms with E-state index in [1.54, 1.807) is 29.0 Å². The fraction of sp³-hybridized carbons (Fsp3) is 0.125. The molecule has 0 amide bonds. The van der Waals surface area contributed by atoms with Crippen molar-refractivity contribution in [1.29, 1.82) is 0 Å². The molecule has 0 spiro atoms. The number of nitrogens with zero attached hydrogens (tertiary/aromatic N) is 4. The molecular weight excluding hydrogens is 444 g/mol. The summed E-state index contributed by atoms with van der Waals surface area (Å²) in [6.07, 6.45) is 1.75. The second kappa shape index (κ2) is 8.84. The predicted octanol–water partition coefficient (Wildman–Crippen LogP) is 4.57. The van der Waals surface area contributed by atoms with Crippen LogP contribution in [0.2, 0.25) is 5.02 Å². The highest BCUT2D eigenvalue weighted by molar-refractivity contribution is 6.30. The van der Waals surface area contributed by atoms with Gasteiger partial charge in [-0.05, 0) is 54.6 Å². The van der Waals surface area contributed by atoms with Gasteiger partial charge in [0.2, 0.25) is 0 Å². The molecule has 0 atom stereocenters. The smallest absolute Gasteiger partial charge is 0.323 e. The molecule has 0 aliphatic carbocycles. The van der Waals surface area contributed by atoms with E-state index in [1.807, 2.05) is 48.5 Å². The second-order valence-corrected chi connectivity index (χ2v) is 7.78. The Morgan fingerprint density at radius 2 is 1.70 bits per heavy atom. The van der Waals surface area contributed by atoms with Crippen molar-refractivity contribution in [3.8, 4) is 17.2 Å². The molecule has 0 bridgehead atoms. The molecule has 2 aromatic heterocycles. The summed E-state index contributed by atoms with van der Waals surface area (Å²) in [6.45, 7) is 0.535. The Morgan fingerprint density at radius 1 is 0.939 bits per heavy atom. The third-order valence-electron chi connectivity index (χ3n) is 5.08. The van der Waals surface area contributed by atoms with E-state index < -0.39 is 5.97 Å². The highest BCUT2D eigenvalue weighted by atomic mass is 35.5. The van der Waals surface area contributed by atoms with Gasteiger partial charge in [-0.15, -0.1) is 15.0 Å². The summed E-state index contributed by atoms with van der Waals surface area (Å²) < 4.78 is 13.5. The van der Waals surface area contributed by atoms with Gasteiger partial charge in [0.25, 0.3) is 0 Å². The van der Waals surface area contributed by atoms with Crippen molar-refractivity contribution in [3.63, 3.8) is 0 Å². The number of rotatable bonds is 8. The molecule has 0 saturated carbocycles. The lowest BCUT2D eigenvalue weighted by Gasteiger charge is -2.12. The topological polar surface area (TPSA) is 91.4 Å². The third-order valence-corrected chi connectivity index (χ3v) is 5.32. The Hall–Kier alpha value is -4.04. The lowest BCUT2D eigenvalue weighted by molar-refractivity contribution is -0.137. The van der Waals surface area contributed by atoms with E-state index in [9.17, 15) is 4.79 Å². The number of aromatic nitrogens is 4. The van der Waals surface area contributed by atoms with Crippen molar-refractivity contribution in [1.82, 2.24) is 19.6 Å². The van der Waals surface area contributed by atoms with E-state index in [0.717, 1.165) is 21.9 Å². The molecule has 1 N–H and O–H groups in total. The molecule has 5 rings (SSSR count). The maximum atomic E-state index is 11.0. The first-order chi connectivity index (χ1) is 16.1. The van der Waals surface area contributed by atoms with Gasteiger partial charge in [-0.2, -0.15) is 0 Å². The van der Waals surface area contributed by atoms with Gasteiger partial charge in [0.15, 0.2) is 0 Å². The number of benzene rings is 3. The van der Waals surface area contributed by atoms with Crippen molar-refractivity contribution in [2.45, 2.75) is 6.54 Å². The van der Waals surface area contributed by atoms with Crippen molar-refractivity contribution in [2.24, 2.45) is 0 Å². The summed E-state index contributed by atoms with van der Waals surface area (Å²) in [4.78, 5) is 12.5. The number of hydrogen-bond acceptors (Lipinski definition) is 5. The Morgan fingerprint density at radius 3 is 2.45 bits per heavy atom. The molecule has 2 heterocycles. The zero-order valence-corrected chi connectivity index (χ0v) is 18.1. The van der Waals surface area contributed by atoms with Crippen molar-refractivity contribution >= 4 is 39.5 Å². The summed E-state index contributed by atoms with van der Waals surface area (Å²) in [7, 11) is 0. The fourth-order valence-electron chi connectivity index (χ4n) is 3.60. The minimum Gasteiger partial charge on any atom is -0.490 e. The fourth-order valence-corrected chi connectivity index (χ4v) is 3.77. The molecule has 5 aromatic rings. The minimum atomic E-state index is -0.884. The van der Waals surface area contributed by atoms with Crippen LogP contribution >= 0.6 is 11.6 Å². The number of carboxylic acids is 1. The Kier molecular flexibility index (Phi) is 5.58. The number of ether oxygens (including phenoxy) is 2. The van der Waals surface area contributed by atoms with Gasteiger partial charge in [-0.3, -0.25) is 4.79 Å². The number of carbonyl (C=O) groups is 1. The normalized spacial score (nSPS) is 11.2. The van der Waals surface area contributed by atoms with Gasteiger partial charge in [-0.1, -0.05) is 23.7 Å². The van der Waals surface area contributed by atoms with Gasteiger partial charge in [0.1, 0.15) is 48.0 Å². The summed E-state index contributed by atoms with van der Waals surface area (Å²) in [5.41, 5.74) is 3.03. The molecule has 9 heteroatoms. The average Bonchev–Trinajstić information content (AvgIpc) is 3.41. The quantitative estimate of drug-likeness (QED) is 0.340. The Labute approximate surface area is 193 Å². The summed E-state index contributed by atoms with van der Waals surface area (Å²) in [6, 6.07) is 20.3. The largest absolute Gasteiger partial charge is 0.490 e. The SMILES string of the molecule is O=C(O)Cn1ccc2cc(OCCOc3ccc(Cl)cc3-n3nc4ccccc4n3)ccc21. The van der Waals surface area contributed by atoms with Crippen LogP contribution in [0.4, 0.5) is 0 Å². The van der Waals surface area contributed by atoms with E-state index in [2.05, 4.69) is 10.2 Å². The number of fused-ring (bicyclic) bond motifs is 2. The van der Waals surface area contributed by atoms with E-state index >= 15 is 0 Å². The van der Waals surface area contributed by atoms with Crippen molar-refractivity contribution in [3.05, 3.63) is 77.9 Å². The highest BCUT2D eigenvalue weighted by Crippen LogP contribution is 2.27. The van der Waals surface area contributed by atoms with Crippen LogP contribution in [0.3, 0.4) is 0 Å². The number of hydrogen-bond donors (Lipinski definition) is 1. The predicted molar refractivity (Wildman–Crippen MR) is 124 cm³/mol. The second-order valence-electron chi connectivity index (χ2n) is 7.35.